The Hall–Kier alpha value is -2.50. The minimum atomic E-state index is -0.430. The second-order valence-corrected chi connectivity index (χ2v) is 6.95. The van der Waals surface area contributed by atoms with E-state index in [4.69, 9.17) is 0 Å². The summed E-state index contributed by atoms with van der Waals surface area (Å²) in [6.45, 7) is 1.15. The van der Waals surface area contributed by atoms with Gasteiger partial charge in [-0.25, -0.2) is 4.98 Å². The monoisotopic (exact) mass is 349 g/mol. The van der Waals surface area contributed by atoms with E-state index >= 15 is 0 Å². The number of fused-ring (bicyclic) bond motifs is 1. The number of hydrogen-bond acceptors (Lipinski definition) is 4. The van der Waals surface area contributed by atoms with Crippen LogP contribution in [0.2, 0.25) is 0 Å². The minimum Gasteiger partial charge on any atom is -0.391 e. The van der Waals surface area contributed by atoms with Crippen LogP contribution in [0.25, 0.3) is 22.2 Å². The molecular formula is C21H23N3O2. The highest BCUT2D eigenvalue weighted by Gasteiger charge is 2.24. The second-order valence-electron chi connectivity index (χ2n) is 6.95. The number of ketones is 1. The largest absolute Gasteiger partial charge is 0.391 e. The molecule has 1 fully saturated rings. The highest BCUT2D eigenvalue weighted by Crippen LogP contribution is 2.24. The molecule has 2 heterocycles. The van der Waals surface area contributed by atoms with Gasteiger partial charge in [-0.15, -0.1) is 0 Å². The highest BCUT2D eigenvalue weighted by molar-refractivity contribution is 5.85. The van der Waals surface area contributed by atoms with Crippen LogP contribution in [-0.2, 0) is 11.3 Å². The van der Waals surface area contributed by atoms with Gasteiger partial charge in [0, 0.05) is 12.5 Å². The molecular weight excluding hydrogens is 326 g/mol. The molecule has 3 aromatic rings. The van der Waals surface area contributed by atoms with Gasteiger partial charge in [0.15, 0.2) is 5.78 Å². The van der Waals surface area contributed by atoms with Gasteiger partial charge in [0.1, 0.15) is 0 Å². The molecule has 4 rings (SSSR count). The van der Waals surface area contributed by atoms with E-state index in [1.165, 1.54) is 0 Å². The molecule has 1 aromatic heterocycles. The number of aliphatic hydroxyl groups excluding tert-OH is 1. The zero-order chi connectivity index (χ0) is 17.9. The molecule has 0 amide bonds. The molecule has 0 radical (unpaired) electrons. The lowest BCUT2D eigenvalue weighted by Crippen LogP contribution is -2.46. The number of hydrogen-bond donors (Lipinski definition) is 2. The zero-order valence-electron chi connectivity index (χ0n) is 14.6. The quantitative estimate of drug-likeness (QED) is 0.743. The van der Waals surface area contributed by atoms with Crippen LogP contribution in [0, 0.1) is 0 Å². The lowest BCUT2D eigenvalue weighted by molar-refractivity contribution is -0.121. The molecule has 2 aromatic carbocycles. The van der Waals surface area contributed by atoms with E-state index in [9.17, 15) is 9.90 Å². The van der Waals surface area contributed by atoms with Crippen molar-refractivity contribution in [3.8, 4) is 11.1 Å². The number of nitrogens with one attached hydrogen (secondary N) is 1. The summed E-state index contributed by atoms with van der Waals surface area (Å²) in [6, 6.07) is 16.2. The predicted molar refractivity (Wildman–Crippen MR) is 102 cm³/mol. The Bertz CT molecular complexity index is 904. The molecule has 0 aliphatic carbocycles. The summed E-state index contributed by atoms with van der Waals surface area (Å²) in [4.78, 5) is 16.9. The number of imidazole rings is 1. The molecule has 2 N–H and O–H groups in total. The molecule has 134 valence electrons. The van der Waals surface area contributed by atoms with Gasteiger partial charge in [-0.1, -0.05) is 36.4 Å². The molecule has 0 saturated carbocycles. The molecule has 1 aliphatic rings. The van der Waals surface area contributed by atoms with Gasteiger partial charge in [-0.05, 0) is 42.6 Å². The fourth-order valence-electron chi connectivity index (χ4n) is 3.64. The van der Waals surface area contributed by atoms with Gasteiger partial charge < -0.3 is 15.0 Å². The van der Waals surface area contributed by atoms with E-state index in [0.717, 1.165) is 41.5 Å². The number of piperidine rings is 1. The normalized spacial score (nSPS) is 20.3. The Morgan fingerprint density at radius 1 is 1.19 bits per heavy atom. The average Bonchev–Trinajstić information content (AvgIpc) is 3.06. The first kappa shape index (κ1) is 16.9. The summed E-state index contributed by atoms with van der Waals surface area (Å²) in [5.74, 6) is 0.106. The number of aromatic nitrogens is 2. The summed E-state index contributed by atoms with van der Waals surface area (Å²) in [6.07, 6.45) is 3.37. The van der Waals surface area contributed by atoms with Crippen LogP contribution in [0.1, 0.15) is 19.3 Å². The molecule has 2 atom stereocenters. The van der Waals surface area contributed by atoms with Crippen LogP contribution in [0.5, 0.6) is 0 Å². The van der Waals surface area contributed by atoms with Crippen LogP contribution < -0.4 is 5.32 Å². The van der Waals surface area contributed by atoms with Crippen molar-refractivity contribution >= 4 is 16.8 Å². The van der Waals surface area contributed by atoms with E-state index in [-0.39, 0.29) is 18.4 Å². The Morgan fingerprint density at radius 2 is 2.04 bits per heavy atom. The van der Waals surface area contributed by atoms with Crippen LogP contribution in [0.3, 0.4) is 0 Å². The molecule has 5 nitrogen and oxygen atoms in total. The first-order valence-electron chi connectivity index (χ1n) is 9.14. The summed E-state index contributed by atoms with van der Waals surface area (Å²) >= 11 is 0. The molecule has 0 spiro atoms. The van der Waals surface area contributed by atoms with Gasteiger partial charge in [0.05, 0.1) is 30.0 Å². The van der Waals surface area contributed by atoms with E-state index in [2.05, 4.69) is 34.6 Å². The van der Waals surface area contributed by atoms with Crippen LogP contribution in [0.4, 0.5) is 0 Å². The van der Waals surface area contributed by atoms with Gasteiger partial charge >= 0.3 is 0 Å². The smallest absolute Gasteiger partial charge is 0.154 e. The van der Waals surface area contributed by atoms with Crippen molar-refractivity contribution in [2.24, 2.45) is 0 Å². The third-order valence-corrected chi connectivity index (χ3v) is 5.07. The van der Waals surface area contributed by atoms with Gasteiger partial charge in [0.2, 0.25) is 0 Å². The summed E-state index contributed by atoms with van der Waals surface area (Å²) in [7, 11) is 0. The maximum absolute atomic E-state index is 12.5. The SMILES string of the molecule is O=C(CC1NCCCC1O)Cn1cnc2cc(-c3ccccc3)ccc21. The minimum absolute atomic E-state index is 0.106. The maximum Gasteiger partial charge on any atom is 0.154 e. The van der Waals surface area contributed by atoms with E-state index in [0.29, 0.717) is 6.42 Å². The van der Waals surface area contributed by atoms with Crippen molar-refractivity contribution in [3.63, 3.8) is 0 Å². The number of nitrogens with zero attached hydrogens (tertiary/aromatic N) is 2. The number of Topliss-reactive ketones (excluding diaryl/α,β-unsaturated/α-hetero) is 1. The van der Waals surface area contributed by atoms with E-state index in [1.807, 2.05) is 28.8 Å². The molecule has 5 heteroatoms. The van der Waals surface area contributed by atoms with Crippen molar-refractivity contribution in [1.29, 1.82) is 0 Å². The van der Waals surface area contributed by atoms with E-state index in [1.54, 1.807) is 6.33 Å². The topological polar surface area (TPSA) is 67.2 Å². The van der Waals surface area contributed by atoms with Gasteiger partial charge in [-0.3, -0.25) is 4.79 Å². The van der Waals surface area contributed by atoms with Crippen molar-refractivity contribution in [1.82, 2.24) is 14.9 Å². The first-order valence-corrected chi connectivity index (χ1v) is 9.14. The molecule has 1 aliphatic heterocycles. The molecule has 0 bridgehead atoms. The Morgan fingerprint density at radius 3 is 2.85 bits per heavy atom. The zero-order valence-corrected chi connectivity index (χ0v) is 14.6. The highest BCUT2D eigenvalue weighted by atomic mass is 16.3. The summed E-state index contributed by atoms with van der Waals surface area (Å²) in [5.41, 5.74) is 4.10. The van der Waals surface area contributed by atoms with E-state index < -0.39 is 6.10 Å². The average molecular weight is 349 g/mol. The first-order chi connectivity index (χ1) is 12.7. The molecule has 1 saturated heterocycles. The molecule has 26 heavy (non-hydrogen) atoms. The van der Waals surface area contributed by atoms with Crippen molar-refractivity contribution in [2.45, 2.75) is 38.0 Å². The maximum atomic E-state index is 12.5. The van der Waals surface area contributed by atoms with Gasteiger partial charge in [0.25, 0.3) is 0 Å². The summed E-state index contributed by atoms with van der Waals surface area (Å²) in [5, 5.41) is 13.3. The summed E-state index contributed by atoms with van der Waals surface area (Å²) < 4.78 is 1.89. The Kier molecular flexibility index (Phi) is 4.82. The lowest BCUT2D eigenvalue weighted by Gasteiger charge is -2.28. The fraction of sp³-hybridized carbons (Fsp3) is 0.333. The fourth-order valence-corrected chi connectivity index (χ4v) is 3.64. The Balaban J connectivity index is 1.49. The number of carbonyl (C=O) groups excluding carboxylic acids is 1. The van der Waals surface area contributed by atoms with Crippen molar-refractivity contribution in [2.75, 3.05) is 6.54 Å². The number of benzene rings is 2. The molecule has 2 unspecified atom stereocenters. The lowest BCUT2D eigenvalue weighted by atomic mass is 9.97. The van der Waals surface area contributed by atoms with Crippen molar-refractivity contribution < 1.29 is 9.90 Å². The Labute approximate surface area is 152 Å². The third kappa shape index (κ3) is 3.54. The second kappa shape index (κ2) is 7.40. The van der Waals surface area contributed by atoms with Crippen molar-refractivity contribution in [3.05, 3.63) is 54.9 Å². The van der Waals surface area contributed by atoms with Crippen LogP contribution in [0.15, 0.2) is 54.9 Å². The standard InChI is InChI=1S/C21H23N3O2/c25-17(12-19-21(26)7-4-10-22-19)13-24-14-23-18-11-16(8-9-20(18)24)15-5-2-1-3-6-15/h1-3,5-6,8-9,11,14,19,21-22,26H,4,7,10,12-13H2. The number of rotatable bonds is 5. The predicted octanol–water partition coefficient (Wildman–Crippen LogP) is 2.78. The van der Waals surface area contributed by atoms with Gasteiger partial charge in [-0.2, -0.15) is 0 Å². The van der Waals surface area contributed by atoms with Crippen LogP contribution in [-0.4, -0.2) is 39.1 Å². The third-order valence-electron chi connectivity index (χ3n) is 5.07. The van der Waals surface area contributed by atoms with Crippen LogP contribution >= 0.6 is 0 Å². The number of carbonyl (C=O) groups is 1. The number of aliphatic hydroxyl groups is 1.